The van der Waals surface area contributed by atoms with Gasteiger partial charge in [-0.05, 0) is 49.4 Å². The first-order valence-electron chi connectivity index (χ1n) is 9.19. The van der Waals surface area contributed by atoms with Crippen LogP contribution < -0.4 is 10.1 Å². The summed E-state index contributed by atoms with van der Waals surface area (Å²) in [5.74, 6) is 1.93. The molecule has 5 rings (SSSR count). The van der Waals surface area contributed by atoms with E-state index in [1.807, 2.05) is 18.7 Å². The van der Waals surface area contributed by atoms with Gasteiger partial charge in [0, 0.05) is 19.0 Å². The van der Waals surface area contributed by atoms with Crippen LogP contribution in [0.3, 0.4) is 0 Å². The molecule has 27 heavy (non-hydrogen) atoms. The minimum Gasteiger partial charge on any atom is -0.493 e. The van der Waals surface area contributed by atoms with E-state index in [-0.39, 0.29) is 0 Å². The van der Waals surface area contributed by atoms with E-state index in [4.69, 9.17) is 9.84 Å². The molecule has 0 bridgehead atoms. The maximum absolute atomic E-state index is 5.71. The Balaban J connectivity index is 1.50. The minimum atomic E-state index is 0.733. The summed E-state index contributed by atoms with van der Waals surface area (Å²) in [5.41, 5.74) is 5.82. The summed E-state index contributed by atoms with van der Waals surface area (Å²) >= 11 is 1.65. The molecule has 7 heteroatoms. The SMILES string of the molecule is Cc1nnc2sc3c(NCc4ccc5c(c4)CCCO5)nn(C)c3c2c1C. The number of rotatable bonds is 3. The molecule has 1 aromatic carbocycles. The first-order valence-corrected chi connectivity index (χ1v) is 10.0. The van der Waals surface area contributed by atoms with Gasteiger partial charge >= 0.3 is 0 Å². The average molecular weight is 379 g/mol. The molecule has 1 aliphatic heterocycles. The zero-order valence-electron chi connectivity index (χ0n) is 15.7. The molecule has 1 aliphatic rings. The highest BCUT2D eigenvalue weighted by Crippen LogP contribution is 2.38. The third-order valence-electron chi connectivity index (χ3n) is 5.29. The summed E-state index contributed by atoms with van der Waals surface area (Å²) in [4.78, 5) is 0.968. The van der Waals surface area contributed by atoms with Gasteiger partial charge in [0.25, 0.3) is 0 Å². The fourth-order valence-electron chi connectivity index (χ4n) is 3.74. The number of benzene rings is 1. The molecule has 0 aliphatic carbocycles. The molecule has 0 amide bonds. The Hall–Kier alpha value is -2.67. The predicted octanol–water partition coefficient (Wildman–Crippen LogP) is 4.13. The molecule has 0 radical (unpaired) electrons. The maximum Gasteiger partial charge on any atom is 0.166 e. The van der Waals surface area contributed by atoms with Gasteiger partial charge in [0.2, 0.25) is 0 Å². The van der Waals surface area contributed by atoms with E-state index in [1.54, 1.807) is 11.3 Å². The Kier molecular flexibility index (Phi) is 3.79. The van der Waals surface area contributed by atoms with Crippen molar-refractivity contribution >= 4 is 37.6 Å². The minimum absolute atomic E-state index is 0.733. The van der Waals surface area contributed by atoms with E-state index < -0.39 is 0 Å². The van der Waals surface area contributed by atoms with Crippen LogP contribution in [0.1, 0.15) is 28.8 Å². The largest absolute Gasteiger partial charge is 0.493 e. The normalized spacial score (nSPS) is 13.7. The smallest absolute Gasteiger partial charge is 0.166 e. The van der Waals surface area contributed by atoms with Crippen molar-refractivity contribution in [3.8, 4) is 5.75 Å². The van der Waals surface area contributed by atoms with Crippen molar-refractivity contribution in [2.45, 2.75) is 33.2 Å². The molecule has 0 spiro atoms. The van der Waals surface area contributed by atoms with Gasteiger partial charge in [0.1, 0.15) is 10.6 Å². The van der Waals surface area contributed by atoms with E-state index >= 15 is 0 Å². The van der Waals surface area contributed by atoms with Crippen LogP contribution in [0.5, 0.6) is 5.75 Å². The fourth-order valence-corrected chi connectivity index (χ4v) is 4.90. The summed E-state index contributed by atoms with van der Waals surface area (Å²) in [5, 5.41) is 18.1. The molecular weight excluding hydrogens is 358 g/mol. The number of hydrogen-bond donors (Lipinski definition) is 1. The summed E-state index contributed by atoms with van der Waals surface area (Å²) in [6.07, 6.45) is 2.18. The topological polar surface area (TPSA) is 64.9 Å². The van der Waals surface area contributed by atoms with Crippen LogP contribution in [0.2, 0.25) is 0 Å². The summed E-state index contributed by atoms with van der Waals surface area (Å²) in [7, 11) is 1.99. The maximum atomic E-state index is 5.71. The standard InChI is InChI=1S/C20H21N5OS/c1-11-12(2)22-23-20-16(11)17-18(27-20)19(24-25(17)3)21-10-13-6-7-15-14(9-13)5-4-8-26-15/h6-7,9H,4-5,8,10H2,1-3H3,(H,21,24). The highest BCUT2D eigenvalue weighted by atomic mass is 32.1. The van der Waals surface area contributed by atoms with Gasteiger partial charge in [-0.25, -0.2) is 0 Å². The Morgan fingerprint density at radius 1 is 1.26 bits per heavy atom. The van der Waals surface area contributed by atoms with Gasteiger partial charge < -0.3 is 10.1 Å². The van der Waals surface area contributed by atoms with Gasteiger partial charge in [0.15, 0.2) is 5.82 Å². The van der Waals surface area contributed by atoms with Crippen LogP contribution in [0.4, 0.5) is 5.82 Å². The molecule has 6 nitrogen and oxygen atoms in total. The summed E-state index contributed by atoms with van der Waals surface area (Å²) in [6.45, 7) is 5.66. The lowest BCUT2D eigenvalue weighted by molar-refractivity contribution is 0.288. The number of ether oxygens (including phenoxy) is 1. The lowest BCUT2D eigenvalue weighted by atomic mass is 10.0. The third kappa shape index (κ3) is 2.65. The second-order valence-electron chi connectivity index (χ2n) is 7.09. The number of nitrogens with zero attached hydrogens (tertiary/aromatic N) is 4. The molecule has 3 aromatic heterocycles. The number of nitrogens with one attached hydrogen (secondary N) is 1. The van der Waals surface area contributed by atoms with Crippen molar-refractivity contribution in [2.75, 3.05) is 11.9 Å². The van der Waals surface area contributed by atoms with E-state index in [0.717, 1.165) is 63.7 Å². The molecule has 0 fully saturated rings. The zero-order valence-corrected chi connectivity index (χ0v) is 16.5. The van der Waals surface area contributed by atoms with E-state index in [1.165, 1.54) is 16.7 Å². The molecule has 4 aromatic rings. The van der Waals surface area contributed by atoms with Crippen molar-refractivity contribution in [3.05, 3.63) is 40.6 Å². The zero-order chi connectivity index (χ0) is 18.5. The Labute approximate surface area is 161 Å². The van der Waals surface area contributed by atoms with Crippen molar-refractivity contribution in [3.63, 3.8) is 0 Å². The summed E-state index contributed by atoms with van der Waals surface area (Å²) in [6, 6.07) is 6.45. The lowest BCUT2D eigenvalue weighted by Gasteiger charge is -2.18. The van der Waals surface area contributed by atoms with Gasteiger partial charge in [-0.1, -0.05) is 12.1 Å². The molecule has 1 N–H and O–H groups in total. The quantitative estimate of drug-likeness (QED) is 0.580. The van der Waals surface area contributed by atoms with Crippen LogP contribution >= 0.6 is 11.3 Å². The number of thiophene rings is 1. The van der Waals surface area contributed by atoms with E-state index in [9.17, 15) is 0 Å². The number of fused-ring (bicyclic) bond motifs is 4. The Morgan fingerprint density at radius 2 is 2.15 bits per heavy atom. The van der Waals surface area contributed by atoms with Crippen molar-refractivity contribution in [1.29, 1.82) is 0 Å². The average Bonchev–Trinajstić information content (AvgIpc) is 3.21. The number of hydrogen-bond acceptors (Lipinski definition) is 6. The highest BCUT2D eigenvalue weighted by molar-refractivity contribution is 7.26. The monoisotopic (exact) mass is 379 g/mol. The number of anilines is 1. The van der Waals surface area contributed by atoms with E-state index in [0.29, 0.717) is 0 Å². The molecule has 4 heterocycles. The molecular formula is C20H21N5OS. The highest BCUT2D eigenvalue weighted by Gasteiger charge is 2.19. The molecule has 0 unspecified atom stereocenters. The Morgan fingerprint density at radius 3 is 3.04 bits per heavy atom. The van der Waals surface area contributed by atoms with Crippen LogP contribution in [0, 0.1) is 13.8 Å². The van der Waals surface area contributed by atoms with Crippen LogP contribution in [-0.2, 0) is 20.0 Å². The lowest BCUT2D eigenvalue weighted by Crippen LogP contribution is -2.09. The predicted molar refractivity (Wildman–Crippen MR) is 109 cm³/mol. The molecule has 0 saturated carbocycles. The van der Waals surface area contributed by atoms with E-state index in [2.05, 4.69) is 40.6 Å². The molecule has 0 atom stereocenters. The number of aryl methyl sites for hydroxylation is 4. The summed E-state index contributed by atoms with van der Waals surface area (Å²) < 4.78 is 8.80. The first-order chi connectivity index (χ1) is 13.1. The van der Waals surface area contributed by atoms with Crippen LogP contribution in [-0.4, -0.2) is 26.6 Å². The molecule has 138 valence electrons. The fraction of sp³-hybridized carbons (Fsp3) is 0.350. The van der Waals surface area contributed by atoms with Crippen LogP contribution in [0.25, 0.3) is 20.4 Å². The molecule has 0 saturated heterocycles. The number of aromatic nitrogens is 4. The second kappa shape index (κ2) is 6.20. The van der Waals surface area contributed by atoms with Crippen molar-refractivity contribution < 1.29 is 4.74 Å². The Bertz CT molecular complexity index is 1180. The third-order valence-corrected chi connectivity index (χ3v) is 6.36. The van der Waals surface area contributed by atoms with Gasteiger partial charge in [-0.2, -0.15) is 10.2 Å². The van der Waals surface area contributed by atoms with Crippen molar-refractivity contribution in [1.82, 2.24) is 20.0 Å². The van der Waals surface area contributed by atoms with Gasteiger partial charge in [0.05, 0.1) is 22.5 Å². The van der Waals surface area contributed by atoms with Gasteiger partial charge in [-0.15, -0.1) is 16.4 Å². The second-order valence-corrected chi connectivity index (χ2v) is 8.09. The first kappa shape index (κ1) is 16.5. The van der Waals surface area contributed by atoms with Gasteiger partial charge in [-0.3, -0.25) is 4.68 Å². The van der Waals surface area contributed by atoms with Crippen molar-refractivity contribution in [2.24, 2.45) is 7.05 Å². The van der Waals surface area contributed by atoms with Crippen LogP contribution in [0.15, 0.2) is 18.2 Å².